The van der Waals surface area contributed by atoms with E-state index in [1.807, 2.05) is 0 Å². The van der Waals surface area contributed by atoms with Crippen LogP contribution in [-0.2, 0) is 80.6 Å². The second-order valence-corrected chi connectivity index (χ2v) is 23.9. The number of hydrogen-bond donors (Lipinski definition) is 26. The molecule has 8 fully saturated rings. The van der Waals surface area contributed by atoms with Crippen LogP contribution in [0, 0.1) is 0 Å². The third-order valence-electron chi connectivity index (χ3n) is 17.4. The van der Waals surface area contributed by atoms with Crippen LogP contribution in [0.1, 0.15) is 13.8 Å². The molecule has 0 radical (unpaired) electrons. The van der Waals surface area contributed by atoms with Gasteiger partial charge in [0.2, 0.25) is 11.8 Å². The van der Waals surface area contributed by atoms with E-state index < -0.39 is 310 Å². The SMILES string of the molecule is CC(=O)N[C@H]1[C@H](O[C@H]2[C@H](O)[C@@H](NC(C)=O)C(O)O[C@@H]2CO)O[C@H](CO)[C@@H](O[C@@H]2O[C@H](CO[C@H]3O[C@H](CO[C@H]4O[C@H](CO)[C@@H](O)[C@H](O)[C@@H]4O[C@H]4O[C@H](CO)[C@@H](O)[C@H](O)[C@@H]4O)[C@@H](O)[C@H](O[C@H]4O[C@H](CO)[C@@H](O)[C@H](O)[C@@H]4O[C@H]4O[C@H](CO)[C@@H](O)[C@H](O)[C@@H]4O)[C@@H]3O)[C@@H](O)[C@H](O)[C@@H]2O)[C@@H]1O. The number of carbonyl (C=O) groups is 2. The number of nitrogens with one attached hydrogen (secondary N) is 2. The average molecular weight is 1400 g/mol. The second kappa shape index (κ2) is 33.9. The molecule has 40 atom stereocenters. The summed E-state index contributed by atoms with van der Waals surface area (Å²) in [6, 6.07) is -3.34. The van der Waals surface area contributed by atoms with Crippen molar-refractivity contribution in [2.75, 3.05) is 52.9 Å². The van der Waals surface area contributed by atoms with Crippen molar-refractivity contribution in [1.82, 2.24) is 10.6 Å². The second-order valence-electron chi connectivity index (χ2n) is 23.9. The molecule has 8 aliphatic heterocycles. The summed E-state index contributed by atoms with van der Waals surface area (Å²) in [6.07, 6.45) is -76.9. The van der Waals surface area contributed by atoms with E-state index in [0.717, 1.165) is 13.8 Å². The zero-order valence-corrected chi connectivity index (χ0v) is 50.4. The van der Waals surface area contributed by atoms with Crippen molar-refractivity contribution in [3.63, 3.8) is 0 Å². The van der Waals surface area contributed by atoms with Crippen molar-refractivity contribution in [1.29, 1.82) is 0 Å². The van der Waals surface area contributed by atoms with Gasteiger partial charge in [-0.2, -0.15) is 0 Å². The van der Waals surface area contributed by atoms with Gasteiger partial charge in [0.1, 0.15) is 195 Å². The molecule has 0 aromatic heterocycles. The van der Waals surface area contributed by atoms with Crippen molar-refractivity contribution in [3.05, 3.63) is 0 Å². The third-order valence-corrected chi connectivity index (χ3v) is 17.4. The molecule has 0 aromatic carbocycles. The molecular weight excluding hydrogens is 1310 g/mol. The smallest absolute Gasteiger partial charge is 0.217 e. The maximum absolute atomic E-state index is 12.6. The molecule has 2 amide bonds. The Kier molecular flexibility index (Phi) is 27.9. The van der Waals surface area contributed by atoms with E-state index in [2.05, 4.69) is 10.6 Å². The molecule has 8 rings (SSSR count). The first-order valence-electron chi connectivity index (χ1n) is 30.1. The fourth-order valence-corrected chi connectivity index (χ4v) is 12.0. The van der Waals surface area contributed by atoms with Gasteiger partial charge >= 0.3 is 0 Å². The molecule has 0 bridgehead atoms. The highest BCUT2D eigenvalue weighted by atomic mass is 16.8. The summed E-state index contributed by atoms with van der Waals surface area (Å²) in [5.74, 6) is -1.60. The predicted molar refractivity (Wildman–Crippen MR) is 288 cm³/mol. The Morgan fingerprint density at radius 3 is 1.03 bits per heavy atom. The van der Waals surface area contributed by atoms with Gasteiger partial charge in [0.25, 0.3) is 0 Å². The van der Waals surface area contributed by atoms with Crippen LogP contribution in [0.15, 0.2) is 0 Å². The Morgan fingerprint density at radius 2 is 0.579 bits per heavy atom. The summed E-state index contributed by atoms with van der Waals surface area (Å²) in [4.78, 5) is 24.5. The highest BCUT2D eigenvalue weighted by Crippen LogP contribution is 2.38. The van der Waals surface area contributed by atoms with Gasteiger partial charge < -0.3 is 204 Å². The number of aliphatic hydroxyl groups is 24. The number of aliphatic hydroxyl groups excluding tert-OH is 24. The Hall–Kier alpha value is -2.62. The lowest BCUT2D eigenvalue weighted by atomic mass is 9.94. The highest BCUT2D eigenvalue weighted by molar-refractivity contribution is 5.73. The first-order valence-corrected chi connectivity index (χ1v) is 30.1. The number of carbonyl (C=O) groups excluding carboxylic acids is 2. The first-order chi connectivity index (χ1) is 44.9. The van der Waals surface area contributed by atoms with Gasteiger partial charge in [0.15, 0.2) is 50.3 Å². The molecule has 43 heteroatoms. The van der Waals surface area contributed by atoms with E-state index in [-0.39, 0.29) is 0 Å². The van der Waals surface area contributed by atoms with E-state index in [1.54, 1.807) is 0 Å². The van der Waals surface area contributed by atoms with E-state index in [9.17, 15) is 132 Å². The molecule has 1 unspecified atom stereocenters. The Labute approximate surface area is 536 Å². The largest absolute Gasteiger partial charge is 0.394 e. The normalized spacial score (nSPS) is 50.8. The molecule has 0 saturated carbocycles. The van der Waals surface area contributed by atoms with Crippen molar-refractivity contribution in [2.45, 2.75) is 259 Å². The molecule has 8 aliphatic rings. The quantitative estimate of drug-likeness (QED) is 0.0427. The summed E-state index contributed by atoms with van der Waals surface area (Å²) < 4.78 is 86.4. The molecule has 26 N–H and O–H groups in total. The first kappa shape index (κ1) is 78.1. The summed E-state index contributed by atoms with van der Waals surface area (Å²) in [6.45, 7) is -6.14. The molecule has 0 aromatic rings. The maximum Gasteiger partial charge on any atom is 0.217 e. The van der Waals surface area contributed by atoms with Crippen LogP contribution in [-0.4, -0.2) is 433 Å². The van der Waals surface area contributed by atoms with E-state index in [1.165, 1.54) is 0 Å². The van der Waals surface area contributed by atoms with Crippen molar-refractivity contribution >= 4 is 11.8 Å². The lowest BCUT2D eigenvalue weighted by molar-refractivity contribution is -0.395. The lowest BCUT2D eigenvalue weighted by Gasteiger charge is -2.49. The number of rotatable bonds is 24. The molecular formula is C52H88N2O41. The summed E-state index contributed by atoms with van der Waals surface area (Å²) in [5, 5.41) is 265. The Bertz CT molecular complexity index is 2380. The van der Waals surface area contributed by atoms with E-state index in [4.69, 9.17) is 71.1 Å². The van der Waals surface area contributed by atoms with Gasteiger partial charge in [0, 0.05) is 13.8 Å². The Morgan fingerprint density at radius 1 is 0.274 bits per heavy atom. The lowest BCUT2D eigenvalue weighted by Crippen LogP contribution is -2.70. The van der Waals surface area contributed by atoms with Crippen molar-refractivity contribution < 1.29 is 203 Å². The van der Waals surface area contributed by atoms with Gasteiger partial charge in [-0.15, -0.1) is 0 Å². The minimum absolute atomic E-state index is 0.738. The van der Waals surface area contributed by atoms with Crippen LogP contribution in [0.2, 0.25) is 0 Å². The van der Waals surface area contributed by atoms with E-state index in [0.29, 0.717) is 0 Å². The van der Waals surface area contributed by atoms with Gasteiger partial charge in [-0.25, -0.2) is 0 Å². The minimum Gasteiger partial charge on any atom is -0.394 e. The molecule has 0 spiro atoms. The maximum atomic E-state index is 12.6. The van der Waals surface area contributed by atoms with Gasteiger partial charge in [-0.3, -0.25) is 9.59 Å². The summed E-state index contributed by atoms with van der Waals surface area (Å²) in [5.41, 5.74) is 0. The van der Waals surface area contributed by atoms with Crippen LogP contribution in [0.4, 0.5) is 0 Å². The predicted octanol–water partition coefficient (Wildman–Crippen LogP) is -18.2. The number of amides is 2. The average Bonchev–Trinajstić information content (AvgIpc) is 0.805. The topological polar surface area (TPSA) is 682 Å². The van der Waals surface area contributed by atoms with Crippen molar-refractivity contribution in [2.24, 2.45) is 0 Å². The zero-order chi connectivity index (χ0) is 69.9. The fourth-order valence-electron chi connectivity index (χ4n) is 12.0. The highest BCUT2D eigenvalue weighted by Gasteiger charge is 2.59. The molecule has 95 heavy (non-hydrogen) atoms. The molecule has 8 saturated heterocycles. The van der Waals surface area contributed by atoms with Crippen LogP contribution < -0.4 is 10.6 Å². The number of ether oxygens (including phenoxy) is 15. The van der Waals surface area contributed by atoms with Gasteiger partial charge in [-0.05, 0) is 0 Å². The molecule has 552 valence electrons. The minimum atomic E-state index is -2.39. The fraction of sp³-hybridized carbons (Fsp3) is 0.962. The summed E-state index contributed by atoms with van der Waals surface area (Å²) >= 11 is 0. The van der Waals surface area contributed by atoms with Gasteiger partial charge in [0.05, 0.1) is 52.9 Å². The Balaban J connectivity index is 1.05. The molecule has 0 aliphatic carbocycles. The van der Waals surface area contributed by atoms with Crippen molar-refractivity contribution in [3.8, 4) is 0 Å². The van der Waals surface area contributed by atoms with Crippen LogP contribution in [0.5, 0.6) is 0 Å². The van der Waals surface area contributed by atoms with E-state index >= 15 is 0 Å². The summed E-state index contributed by atoms with van der Waals surface area (Å²) in [7, 11) is 0. The third kappa shape index (κ3) is 17.0. The van der Waals surface area contributed by atoms with Crippen LogP contribution in [0.25, 0.3) is 0 Å². The standard InChI is InChI=1S/C52H88N2O41/c1-11(61)53-21-29(69)40(17(7-59)83-45(21)80)91-46-22(54-12(2)62)30(70)41(18(8-60)88-46)92-50-38(78)33(73)27(67)19(90-50)9-81-47-39(79)42(93-52-44(35(75)26(66)16(6-58)87-52)95-49-37(77)32(72)24(64)14(4-56)85-49)28(68)20(89-47)10-82-51-43(34(74)25(65)15(5-57)86-51)94-48-36(76)31(71)23(63)13(3-55)84-48/h13-52,55-60,63-80H,3-10H2,1-2H3,(H,53,61)(H,54,62)/t13-,14-,15-,16-,17-,18-,19-,20-,21-,22-,23-,24-,25-,26-,27-,28-,29-,30-,31+,32+,33+,34+,35+,36+,37+,38+,39+,40-,41-,42+,43+,44+,45?,46+,47+,48-,49-,50+,51+,52-/m1/s1. The monoisotopic (exact) mass is 1400 g/mol. The number of hydrogen-bond acceptors (Lipinski definition) is 41. The molecule has 8 heterocycles. The van der Waals surface area contributed by atoms with Crippen LogP contribution >= 0.6 is 0 Å². The van der Waals surface area contributed by atoms with Gasteiger partial charge in [-0.1, -0.05) is 0 Å². The molecule has 43 nitrogen and oxygen atoms in total. The zero-order valence-electron chi connectivity index (χ0n) is 50.4. The van der Waals surface area contributed by atoms with Crippen LogP contribution in [0.3, 0.4) is 0 Å².